The normalized spacial score (nSPS) is 12.6. The maximum atomic E-state index is 10.1. The first-order valence-corrected chi connectivity index (χ1v) is 7.45. The number of aliphatic hydroxyl groups is 1. The average Bonchev–Trinajstić information content (AvgIpc) is 2.72. The van der Waals surface area contributed by atoms with Crippen LogP contribution in [0.3, 0.4) is 0 Å². The van der Waals surface area contributed by atoms with Gasteiger partial charge in [0.25, 0.3) is 0 Å². The number of benzene rings is 1. The maximum absolute atomic E-state index is 10.1. The van der Waals surface area contributed by atoms with Crippen molar-refractivity contribution in [3.05, 3.63) is 51.7 Å². The lowest BCUT2D eigenvalue weighted by molar-refractivity contribution is 0.204. The molecular formula is C14H16OS2. The van der Waals surface area contributed by atoms with Crippen molar-refractivity contribution in [1.82, 2.24) is 0 Å². The maximum Gasteiger partial charge on any atom is 0.0894 e. The molecule has 0 amide bonds. The summed E-state index contributed by atoms with van der Waals surface area (Å²) in [7, 11) is 0. The van der Waals surface area contributed by atoms with E-state index in [1.165, 1.54) is 15.3 Å². The highest BCUT2D eigenvalue weighted by molar-refractivity contribution is 7.99. The summed E-state index contributed by atoms with van der Waals surface area (Å²) in [6, 6.07) is 10.4. The summed E-state index contributed by atoms with van der Waals surface area (Å²) in [5, 5.41) is 12.1. The molecule has 2 rings (SSSR count). The highest BCUT2D eigenvalue weighted by atomic mass is 32.2. The number of thioether (sulfide) groups is 1. The molecule has 0 aliphatic heterocycles. The molecule has 0 fully saturated rings. The van der Waals surface area contributed by atoms with Gasteiger partial charge >= 0.3 is 0 Å². The van der Waals surface area contributed by atoms with Crippen molar-refractivity contribution in [2.45, 2.75) is 24.8 Å². The Morgan fingerprint density at radius 3 is 2.76 bits per heavy atom. The molecule has 0 spiro atoms. The number of aryl methyl sites for hydroxylation is 2. The van der Waals surface area contributed by atoms with E-state index in [-0.39, 0.29) is 6.10 Å². The summed E-state index contributed by atoms with van der Waals surface area (Å²) in [6.07, 6.45) is -0.369. The van der Waals surface area contributed by atoms with Crippen LogP contribution in [0.4, 0.5) is 0 Å². The van der Waals surface area contributed by atoms with Gasteiger partial charge in [-0.2, -0.15) is 0 Å². The minimum absolute atomic E-state index is 0.369. The first-order valence-electron chi connectivity index (χ1n) is 5.58. The molecule has 1 nitrogen and oxygen atoms in total. The Hall–Kier alpha value is -0.770. The molecule has 0 saturated heterocycles. The molecule has 1 atom stereocenters. The lowest BCUT2D eigenvalue weighted by Gasteiger charge is -2.10. The van der Waals surface area contributed by atoms with Crippen LogP contribution in [0.15, 0.2) is 40.6 Å². The first kappa shape index (κ1) is 12.7. The standard InChI is InChI=1S/C14H16OS2/c1-10-4-3-5-12(8-10)17-9-14(15)13-6-7-16-11(13)2/h3-8,14-15H,9H2,1-2H3. The van der Waals surface area contributed by atoms with Crippen LogP contribution >= 0.6 is 23.1 Å². The predicted octanol–water partition coefficient (Wildman–Crippen LogP) is 4.19. The zero-order valence-corrected chi connectivity index (χ0v) is 11.6. The quantitative estimate of drug-likeness (QED) is 0.836. The fourth-order valence-electron chi connectivity index (χ4n) is 1.71. The fourth-order valence-corrected chi connectivity index (χ4v) is 3.44. The van der Waals surface area contributed by atoms with Gasteiger partial charge in [0.1, 0.15) is 0 Å². The van der Waals surface area contributed by atoms with Gasteiger partial charge in [0.05, 0.1) is 6.10 Å². The Morgan fingerprint density at radius 2 is 2.12 bits per heavy atom. The summed E-state index contributed by atoms with van der Waals surface area (Å²) >= 11 is 3.39. The van der Waals surface area contributed by atoms with Crippen LogP contribution in [0.5, 0.6) is 0 Å². The van der Waals surface area contributed by atoms with Crippen LogP contribution in [0, 0.1) is 13.8 Å². The van der Waals surface area contributed by atoms with Crippen molar-refractivity contribution in [1.29, 1.82) is 0 Å². The van der Waals surface area contributed by atoms with Crippen molar-refractivity contribution in [2.75, 3.05) is 5.75 Å². The second kappa shape index (κ2) is 5.71. The van der Waals surface area contributed by atoms with E-state index in [0.29, 0.717) is 5.75 Å². The lowest BCUT2D eigenvalue weighted by Crippen LogP contribution is -2.00. The van der Waals surface area contributed by atoms with E-state index in [9.17, 15) is 5.11 Å². The number of hydrogen-bond acceptors (Lipinski definition) is 3. The number of rotatable bonds is 4. The second-order valence-electron chi connectivity index (χ2n) is 4.08. The summed E-state index contributed by atoms with van der Waals surface area (Å²) in [4.78, 5) is 2.43. The van der Waals surface area contributed by atoms with E-state index in [1.807, 2.05) is 11.4 Å². The second-order valence-corrected chi connectivity index (χ2v) is 6.29. The van der Waals surface area contributed by atoms with Crippen molar-refractivity contribution < 1.29 is 5.11 Å². The summed E-state index contributed by atoms with van der Waals surface area (Å²) in [6.45, 7) is 4.14. The Balaban J connectivity index is 1.97. The Labute approximate surface area is 111 Å². The summed E-state index contributed by atoms with van der Waals surface area (Å²) in [5.74, 6) is 0.709. The predicted molar refractivity (Wildman–Crippen MR) is 75.9 cm³/mol. The minimum Gasteiger partial charge on any atom is -0.387 e. The molecule has 0 saturated carbocycles. The van der Waals surface area contributed by atoms with E-state index in [4.69, 9.17) is 0 Å². The molecule has 90 valence electrons. The highest BCUT2D eigenvalue weighted by Crippen LogP contribution is 2.28. The Morgan fingerprint density at radius 1 is 1.29 bits per heavy atom. The third kappa shape index (κ3) is 3.35. The van der Waals surface area contributed by atoms with Gasteiger partial charge in [-0.05, 0) is 43.0 Å². The van der Waals surface area contributed by atoms with Gasteiger partial charge in [-0.15, -0.1) is 23.1 Å². The molecule has 0 aliphatic rings. The minimum atomic E-state index is -0.369. The fraction of sp³-hybridized carbons (Fsp3) is 0.286. The number of hydrogen-bond donors (Lipinski definition) is 1. The van der Waals surface area contributed by atoms with E-state index in [0.717, 1.165) is 5.56 Å². The molecule has 3 heteroatoms. The van der Waals surface area contributed by atoms with Gasteiger partial charge in [-0.25, -0.2) is 0 Å². The monoisotopic (exact) mass is 264 g/mol. The van der Waals surface area contributed by atoms with Gasteiger partial charge in [0.2, 0.25) is 0 Å². The van der Waals surface area contributed by atoms with Crippen LogP contribution in [-0.2, 0) is 0 Å². The highest BCUT2D eigenvalue weighted by Gasteiger charge is 2.11. The molecular weight excluding hydrogens is 248 g/mol. The topological polar surface area (TPSA) is 20.2 Å². The number of thiophene rings is 1. The third-order valence-electron chi connectivity index (χ3n) is 2.66. The van der Waals surface area contributed by atoms with Gasteiger partial charge in [-0.3, -0.25) is 0 Å². The van der Waals surface area contributed by atoms with Gasteiger partial charge in [0, 0.05) is 15.5 Å². The van der Waals surface area contributed by atoms with Gasteiger partial charge in [0.15, 0.2) is 0 Å². The zero-order valence-electron chi connectivity index (χ0n) is 10.0. The first-order chi connectivity index (χ1) is 8.16. The van der Waals surface area contributed by atoms with Crippen molar-refractivity contribution in [3.63, 3.8) is 0 Å². The molecule has 0 bridgehead atoms. The Bertz CT molecular complexity index is 490. The SMILES string of the molecule is Cc1cccc(SCC(O)c2ccsc2C)c1. The molecule has 0 aliphatic carbocycles. The van der Waals surface area contributed by atoms with Crippen molar-refractivity contribution in [2.24, 2.45) is 0 Å². The number of aliphatic hydroxyl groups excluding tert-OH is 1. The van der Waals surface area contributed by atoms with Crippen LogP contribution in [-0.4, -0.2) is 10.9 Å². The molecule has 1 unspecified atom stereocenters. The van der Waals surface area contributed by atoms with E-state index >= 15 is 0 Å². The van der Waals surface area contributed by atoms with E-state index in [2.05, 4.69) is 38.1 Å². The smallest absolute Gasteiger partial charge is 0.0894 e. The van der Waals surface area contributed by atoms with Crippen LogP contribution < -0.4 is 0 Å². The molecule has 0 radical (unpaired) electrons. The lowest BCUT2D eigenvalue weighted by atomic mass is 10.2. The Kier molecular flexibility index (Phi) is 4.26. The largest absolute Gasteiger partial charge is 0.387 e. The zero-order chi connectivity index (χ0) is 12.3. The van der Waals surface area contributed by atoms with E-state index in [1.54, 1.807) is 23.1 Å². The average molecular weight is 264 g/mol. The third-order valence-corrected chi connectivity index (χ3v) is 4.59. The van der Waals surface area contributed by atoms with Crippen LogP contribution in [0.25, 0.3) is 0 Å². The van der Waals surface area contributed by atoms with Crippen LogP contribution in [0.2, 0.25) is 0 Å². The summed E-state index contributed by atoms with van der Waals surface area (Å²) in [5.41, 5.74) is 2.33. The van der Waals surface area contributed by atoms with Gasteiger partial charge in [-0.1, -0.05) is 17.7 Å². The molecule has 1 N–H and O–H groups in total. The van der Waals surface area contributed by atoms with Gasteiger partial charge < -0.3 is 5.11 Å². The van der Waals surface area contributed by atoms with Crippen molar-refractivity contribution >= 4 is 23.1 Å². The molecule has 17 heavy (non-hydrogen) atoms. The summed E-state index contributed by atoms with van der Waals surface area (Å²) < 4.78 is 0. The molecule has 1 heterocycles. The molecule has 1 aromatic heterocycles. The van der Waals surface area contributed by atoms with E-state index < -0.39 is 0 Å². The molecule has 2 aromatic rings. The van der Waals surface area contributed by atoms with Crippen LogP contribution in [0.1, 0.15) is 22.1 Å². The van der Waals surface area contributed by atoms with Crippen molar-refractivity contribution in [3.8, 4) is 0 Å². The molecule has 1 aromatic carbocycles.